The molecule has 0 aliphatic carbocycles. The summed E-state index contributed by atoms with van der Waals surface area (Å²) >= 11 is 6.03. The monoisotopic (exact) mass is 367 g/mol. The van der Waals surface area contributed by atoms with Gasteiger partial charge in [0.15, 0.2) is 5.82 Å². The van der Waals surface area contributed by atoms with Gasteiger partial charge in [-0.05, 0) is 55.7 Å². The molecular weight excluding hydrogens is 346 g/mol. The SMILES string of the molecule is CCN(c1cccc(C)c1)c1nncc(NCCc2cccc(Cl)c2)n1. The van der Waals surface area contributed by atoms with Crippen LogP contribution in [-0.4, -0.2) is 28.3 Å². The molecule has 0 fully saturated rings. The first kappa shape index (κ1) is 18.1. The van der Waals surface area contributed by atoms with Crippen LogP contribution in [0.3, 0.4) is 0 Å². The predicted molar refractivity (Wildman–Crippen MR) is 107 cm³/mol. The van der Waals surface area contributed by atoms with Gasteiger partial charge < -0.3 is 10.2 Å². The van der Waals surface area contributed by atoms with E-state index in [4.69, 9.17) is 11.6 Å². The average Bonchev–Trinajstić information content (AvgIpc) is 2.63. The maximum absolute atomic E-state index is 6.03. The molecule has 26 heavy (non-hydrogen) atoms. The zero-order chi connectivity index (χ0) is 18.4. The Hall–Kier alpha value is -2.66. The minimum absolute atomic E-state index is 0.589. The summed E-state index contributed by atoms with van der Waals surface area (Å²) in [5.41, 5.74) is 3.44. The zero-order valence-electron chi connectivity index (χ0n) is 15.0. The number of nitrogens with zero attached hydrogens (tertiary/aromatic N) is 4. The third kappa shape index (κ3) is 4.70. The molecule has 0 bridgehead atoms. The van der Waals surface area contributed by atoms with E-state index in [-0.39, 0.29) is 0 Å². The minimum Gasteiger partial charge on any atom is -0.368 e. The van der Waals surface area contributed by atoms with E-state index in [1.165, 1.54) is 11.1 Å². The van der Waals surface area contributed by atoms with Crippen LogP contribution in [0.4, 0.5) is 17.5 Å². The molecule has 134 valence electrons. The second-order valence-electron chi connectivity index (χ2n) is 6.03. The van der Waals surface area contributed by atoms with Crippen molar-refractivity contribution in [2.45, 2.75) is 20.3 Å². The van der Waals surface area contributed by atoms with E-state index < -0.39 is 0 Å². The number of nitrogens with one attached hydrogen (secondary N) is 1. The lowest BCUT2D eigenvalue weighted by Crippen LogP contribution is -2.20. The highest BCUT2D eigenvalue weighted by atomic mass is 35.5. The molecule has 0 spiro atoms. The summed E-state index contributed by atoms with van der Waals surface area (Å²) in [4.78, 5) is 6.66. The van der Waals surface area contributed by atoms with Crippen LogP contribution in [0.25, 0.3) is 0 Å². The first-order valence-corrected chi connectivity index (χ1v) is 9.06. The van der Waals surface area contributed by atoms with Gasteiger partial charge in [-0.3, -0.25) is 0 Å². The van der Waals surface area contributed by atoms with Gasteiger partial charge in [0, 0.05) is 23.8 Å². The largest absolute Gasteiger partial charge is 0.368 e. The summed E-state index contributed by atoms with van der Waals surface area (Å²) in [5.74, 6) is 1.30. The summed E-state index contributed by atoms with van der Waals surface area (Å²) in [6, 6.07) is 16.2. The van der Waals surface area contributed by atoms with Crippen molar-refractivity contribution in [3.8, 4) is 0 Å². The topological polar surface area (TPSA) is 53.9 Å². The normalized spacial score (nSPS) is 10.6. The molecule has 1 heterocycles. The van der Waals surface area contributed by atoms with E-state index >= 15 is 0 Å². The van der Waals surface area contributed by atoms with Crippen LogP contribution >= 0.6 is 11.6 Å². The van der Waals surface area contributed by atoms with E-state index in [0.29, 0.717) is 11.8 Å². The number of aromatic nitrogens is 3. The average molecular weight is 368 g/mol. The zero-order valence-corrected chi connectivity index (χ0v) is 15.7. The number of hydrogen-bond acceptors (Lipinski definition) is 5. The highest BCUT2D eigenvalue weighted by molar-refractivity contribution is 6.30. The van der Waals surface area contributed by atoms with Crippen LogP contribution < -0.4 is 10.2 Å². The third-order valence-electron chi connectivity index (χ3n) is 4.03. The Morgan fingerprint density at radius 3 is 2.73 bits per heavy atom. The van der Waals surface area contributed by atoms with Crippen molar-refractivity contribution in [2.24, 2.45) is 0 Å². The molecule has 2 aromatic carbocycles. The van der Waals surface area contributed by atoms with Crippen molar-refractivity contribution in [1.29, 1.82) is 0 Å². The van der Waals surface area contributed by atoms with E-state index in [2.05, 4.69) is 58.6 Å². The number of benzene rings is 2. The standard InChI is InChI=1S/C20H22ClN5/c1-3-26(18-9-4-6-15(2)12-18)20-24-19(14-23-25-20)22-11-10-16-7-5-8-17(21)13-16/h4-9,12-14H,3,10-11H2,1-2H3,(H,22,24,25). The Balaban J connectivity index is 1.69. The van der Waals surface area contributed by atoms with Gasteiger partial charge in [0.1, 0.15) is 0 Å². The number of hydrogen-bond donors (Lipinski definition) is 1. The van der Waals surface area contributed by atoms with E-state index in [1.807, 2.05) is 29.2 Å². The van der Waals surface area contributed by atoms with Gasteiger partial charge in [-0.15, -0.1) is 5.10 Å². The van der Waals surface area contributed by atoms with Crippen LogP contribution in [-0.2, 0) is 6.42 Å². The van der Waals surface area contributed by atoms with Gasteiger partial charge in [0.25, 0.3) is 5.95 Å². The molecule has 3 aromatic rings. The lowest BCUT2D eigenvalue weighted by molar-refractivity contribution is 0.878. The summed E-state index contributed by atoms with van der Waals surface area (Å²) < 4.78 is 0. The molecular formula is C20H22ClN5. The highest BCUT2D eigenvalue weighted by Gasteiger charge is 2.11. The van der Waals surface area contributed by atoms with Crippen molar-refractivity contribution in [2.75, 3.05) is 23.3 Å². The molecule has 0 saturated heterocycles. The lowest BCUT2D eigenvalue weighted by atomic mass is 10.1. The second kappa shape index (κ2) is 8.63. The van der Waals surface area contributed by atoms with Crippen molar-refractivity contribution in [3.05, 3.63) is 70.9 Å². The number of halogens is 1. The highest BCUT2D eigenvalue weighted by Crippen LogP contribution is 2.22. The molecule has 0 aliphatic rings. The van der Waals surface area contributed by atoms with Gasteiger partial charge in [-0.1, -0.05) is 35.9 Å². The number of rotatable bonds is 7. The molecule has 5 nitrogen and oxygen atoms in total. The Morgan fingerprint density at radius 2 is 1.96 bits per heavy atom. The van der Waals surface area contributed by atoms with Gasteiger partial charge in [-0.25, -0.2) is 0 Å². The first-order valence-electron chi connectivity index (χ1n) is 8.68. The fraction of sp³-hybridized carbons (Fsp3) is 0.250. The van der Waals surface area contributed by atoms with Crippen LogP contribution in [0.1, 0.15) is 18.1 Å². The van der Waals surface area contributed by atoms with Crippen LogP contribution in [0.15, 0.2) is 54.7 Å². The Kier molecular flexibility index (Phi) is 6.02. The molecule has 3 rings (SSSR count). The van der Waals surface area contributed by atoms with Crippen molar-refractivity contribution in [3.63, 3.8) is 0 Å². The Bertz CT molecular complexity index is 868. The molecule has 1 aromatic heterocycles. The van der Waals surface area contributed by atoms with Crippen LogP contribution in [0.2, 0.25) is 5.02 Å². The van der Waals surface area contributed by atoms with E-state index in [9.17, 15) is 0 Å². The van der Waals surface area contributed by atoms with Gasteiger partial charge in [0.2, 0.25) is 0 Å². The quantitative estimate of drug-likeness (QED) is 0.659. The maximum Gasteiger partial charge on any atom is 0.251 e. The molecule has 0 atom stereocenters. The minimum atomic E-state index is 0.589. The molecule has 0 aliphatic heterocycles. The fourth-order valence-electron chi connectivity index (χ4n) is 2.76. The number of aryl methyl sites for hydroxylation is 1. The van der Waals surface area contributed by atoms with Crippen LogP contribution in [0.5, 0.6) is 0 Å². The Morgan fingerprint density at radius 1 is 1.12 bits per heavy atom. The summed E-state index contributed by atoms with van der Waals surface area (Å²) in [6.07, 6.45) is 2.50. The molecule has 0 amide bonds. The second-order valence-corrected chi connectivity index (χ2v) is 6.47. The van der Waals surface area contributed by atoms with Crippen LogP contribution in [0, 0.1) is 6.92 Å². The lowest BCUT2D eigenvalue weighted by Gasteiger charge is -2.21. The fourth-order valence-corrected chi connectivity index (χ4v) is 2.97. The van der Waals surface area contributed by atoms with Crippen molar-refractivity contribution < 1.29 is 0 Å². The van der Waals surface area contributed by atoms with Gasteiger partial charge in [0.05, 0.1) is 6.20 Å². The summed E-state index contributed by atoms with van der Waals surface area (Å²) in [6.45, 7) is 5.65. The van der Waals surface area contributed by atoms with E-state index in [1.54, 1.807) is 6.20 Å². The smallest absolute Gasteiger partial charge is 0.251 e. The third-order valence-corrected chi connectivity index (χ3v) is 4.26. The molecule has 0 saturated carbocycles. The molecule has 0 unspecified atom stereocenters. The summed E-state index contributed by atoms with van der Waals surface area (Å²) in [7, 11) is 0. The number of anilines is 3. The van der Waals surface area contributed by atoms with Gasteiger partial charge in [-0.2, -0.15) is 10.1 Å². The predicted octanol–water partition coefficient (Wildman–Crippen LogP) is 4.65. The molecule has 1 N–H and O–H groups in total. The summed E-state index contributed by atoms with van der Waals surface area (Å²) in [5, 5.41) is 12.4. The maximum atomic E-state index is 6.03. The van der Waals surface area contributed by atoms with Crippen molar-refractivity contribution >= 4 is 29.1 Å². The Labute approximate surface area is 159 Å². The van der Waals surface area contributed by atoms with Gasteiger partial charge >= 0.3 is 0 Å². The first-order chi connectivity index (χ1) is 12.7. The van der Waals surface area contributed by atoms with E-state index in [0.717, 1.165) is 30.2 Å². The van der Waals surface area contributed by atoms with Crippen molar-refractivity contribution in [1.82, 2.24) is 15.2 Å². The molecule has 6 heteroatoms. The molecule has 0 radical (unpaired) electrons.